The standard InChI is InChI=1S/C15H24N2/c1-4-13-8-6-7-9-15(13)17-11-12(3)16-10-14(17)5-2/h6-9,12,14,16H,4-5,10-11H2,1-3H3. The fourth-order valence-corrected chi connectivity index (χ4v) is 2.71. The Morgan fingerprint density at radius 3 is 2.76 bits per heavy atom. The summed E-state index contributed by atoms with van der Waals surface area (Å²) in [6.07, 6.45) is 2.32. The Kier molecular flexibility index (Phi) is 4.06. The molecular formula is C15H24N2. The van der Waals surface area contributed by atoms with E-state index in [-0.39, 0.29) is 0 Å². The van der Waals surface area contributed by atoms with Crippen molar-refractivity contribution in [2.75, 3.05) is 18.0 Å². The third-order valence-electron chi connectivity index (χ3n) is 3.77. The second-order valence-corrected chi connectivity index (χ2v) is 5.01. The van der Waals surface area contributed by atoms with Crippen molar-refractivity contribution in [3.05, 3.63) is 29.8 Å². The molecule has 0 amide bonds. The molecule has 0 aliphatic carbocycles. The quantitative estimate of drug-likeness (QED) is 0.862. The van der Waals surface area contributed by atoms with Gasteiger partial charge in [-0.1, -0.05) is 32.0 Å². The summed E-state index contributed by atoms with van der Waals surface area (Å²) in [5.41, 5.74) is 2.91. The minimum Gasteiger partial charge on any atom is -0.366 e. The molecule has 0 radical (unpaired) electrons. The van der Waals surface area contributed by atoms with Crippen LogP contribution in [0.3, 0.4) is 0 Å². The Balaban J connectivity index is 2.28. The molecule has 0 aromatic heterocycles. The second kappa shape index (κ2) is 5.54. The molecule has 1 fully saturated rings. The normalized spacial score (nSPS) is 25.0. The van der Waals surface area contributed by atoms with Crippen LogP contribution in [0, 0.1) is 0 Å². The van der Waals surface area contributed by atoms with Crippen LogP contribution >= 0.6 is 0 Å². The zero-order valence-electron chi connectivity index (χ0n) is 11.2. The van der Waals surface area contributed by atoms with Gasteiger partial charge in [-0.25, -0.2) is 0 Å². The number of piperazine rings is 1. The molecule has 0 saturated carbocycles. The molecule has 94 valence electrons. The SMILES string of the molecule is CCc1ccccc1N1CC(C)NCC1CC. The first-order valence-electron chi connectivity index (χ1n) is 6.84. The summed E-state index contributed by atoms with van der Waals surface area (Å²) in [6, 6.07) is 10.1. The number of nitrogens with one attached hydrogen (secondary N) is 1. The maximum atomic E-state index is 3.58. The van der Waals surface area contributed by atoms with Crippen LogP contribution in [0.5, 0.6) is 0 Å². The highest BCUT2D eigenvalue weighted by molar-refractivity contribution is 5.55. The van der Waals surface area contributed by atoms with Crippen LogP contribution in [0.4, 0.5) is 5.69 Å². The van der Waals surface area contributed by atoms with E-state index in [1.54, 1.807) is 0 Å². The molecule has 1 aliphatic heterocycles. The van der Waals surface area contributed by atoms with Gasteiger partial charge in [-0.05, 0) is 31.4 Å². The van der Waals surface area contributed by atoms with Crippen molar-refractivity contribution in [2.24, 2.45) is 0 Å². The van der Waals surface area contributed by atoms with E-state index in [1.165, 1.54) is 17.7 Å². The van der Waals surface area contributed by atoms with Crippen LogP contribution in [-0.4, -0.2) is 25.2 Å². The Morgan fingerprint density at radius 2 is 2.06 bits per heavy atom. The molecule has 1 aromatic rings. The predicted octanol–water partition coefficient (Wildman–Crippen LogP) is 2.83. The van der Waals surface area contributed by atoms with Crippen molar-refractivity contribution >= 4 is 5.69 Å². The maximum Gasteiger partial charge on any atom is 0.0412 e. The smallest absolute Gasteiger partial charge is 0.0412 e. The van der Waals surface area contributed by atoms with Gasteiger partial charge in [0.2, 0.25) is 0 Å². The average Bonchev–Trinajstić information content (AvgIpc) is 2.38. The predicted molar refractivity (Wildman–Crippen MR) is 74.7 cm³/mol. The lowest BCUT2D eigenvalue weighted by atomic mass is 10.0. The number of rotatable bonds is 3. The van der Waals surface area contributed by atoms with Gasteiger partial charge in [-0.2, -0.15) is 0 Å². The molecule has 2 atom stereocenters. The van der Waals surface area contributed by atoms with Crippen molar-refractivity contribution in [3.63, 3.8) is 0 Å². The van der Waals surface area contributed by atoms with Crippen LogP contribution < -0.4 is 10.2 Å². The number of hydrogen-bond donors (Lipinski definition) is 1. The fraction of sp³-hybridized carbons (Fsp3) is 0.600. The van der Waals surface area contributed by atoms with E-state index in [9.17, 15) is 0 Å². The van der Waals surface area contributed by atoms with Crippen LogP contribution in [0.25, 0.3) is 0 Å². The van der Waals surface area contributed by atoms with Crippen LogP contribution in [0.1, 0.15) is 32.8 Å². The molecule has 2 rings (SSSR count). The number of aryl methyl sites for hydroxylation is 1. The molecule has 2 unspecified atom stereocenters. The van der Waals surface area contributed by atoms with Gasteiger partial charge in [0.05, 0.1) is 0 Å². The molecule has 2 nitrogen and oxygen atoms in total. The lowest BCUT2D eigenvalue weighted by molar-refractivity contribution is 0.402. The molecule has 1 N–H and O–H groups in total. The van der Waals surface area contributed by atoms with E-state index in [0.717, 1.165) is 19.5 Å². The van der Waals surface area contributed by atoms with E-state index in [2.05, 4.69) is 55.3 Å². The molecule has 1 aliphatic rings. The van der Waals surface area contributed by atoms with Crippen molar-refractivity contribution in [1.82, 2.24) is 5.32 Å². The lowest BCUT2D eigenvalue weighted by Crippen LogP contribution is -2.55. The summed E-state index contributed by atoms with van der Waals surface area (Å²) in [5.74, 6) is 0. The van der Waals surface area contributed by atoms with Gasteiger partial charge in [0.25, 0.3) is 0 Å². The topological polar surface area (TPSA) is 15.3 Å². The summed E-state index contributed by atoms with van der Waals surface area (Å²) < 4.78 is 0. The number of anilines is 1. The van der Waals surface area contributed by atoms with Gasteiger partial charge < -0.3 is 10.2 Å². The third-order valence-corrected chi connectivity index (χ3v) is 3.77. The van der Waals surface area contributed by atoms with E-state index in [1.807, 2.05) is 0 Å². The monoisotopic (exact) mass is 232 g/mol. The summed E-state index contributed by atoms with van der Waals surface area (Å²) >= 11 is 0. The van der Waals surface area contributed by atoms with Gasteiger partial charge in [-0.3, -0.25) is 0 Å². The molecule has 1 saturated heterocycles. The number of benzene rings is 1. The van der Waals surface area contributed by atoms with Crippen molar-refractivity contribution in [2.45, 2.75) is 45.7 Å². The zero-order chi connectivity index (χ0) is 12.3. The van der Waals surface area contributed by atoms with Crippen LogP contribution in [0.15, 0.2) is 24.3 Å². The largest absolute Gasteiger partial charge is 0.366 e. The average molecular weight is 232 g/mol. The highest BCUT2D eigenvalue weighted by atomic mass is 15.2. The van der Waals surface area contributed by atoms with Gasteiger partial charge in [0.15, 0.2) is 0 Å². The van der Waals surface area contributed by atoms with Crippen molar-refractivity contribution in [1.29, 1.82) is 0 Å². The Labute approximate surface area is 105 Å². The minimum absolute atomic E-state index is 0.586. The summed E-state index contributed by atoms with van der Waals surface area (Å²) in [6.45, 7) is 9.02. The van der Waals surface area contributed by atoms with E-state index >= 15 is 0 Å². The number of hydrogen-bond acceptors (Lipinski definition) is 2. The molecule has 17 heavy (non-hydrogen) atoms. The van der Waals surface area contributed by atoms with E-state index < -0.39 is 0 Å². The lowest BCUT2D eigenvalue weighted by Gasteiger charge is -2.41. The highest BCUT2D eigenvalue weighted by Gasteiger charge is 2.25. The van der Waals surface area contributed by atoms with E-state index in [4.69, 9.17) is 0 Å². The zero-order valence-corrected chi connectivity index (χ0v) is 11.2. The molecule has 0 spiro atoms. The Bertz CT molecular complexity index is 362. The summed E-state index contributed by atoms with van der Waals surface area (Å²) in [7, 11) is 0. The summed E-state index contributed by atoms with van der Waals surface area (Å²) in [4.78, 5) is 2.60. The highest BCUT2D eigenvalue weighted by Crippen LogP contribution is 2.25. The summed E-state index contributed by atoms with van der Waals surface area (Å²) in [5, 5.41) is 3.58. The van der Waals surface area contributed by atoms with Crippen LogP contribution in [0.2, 0.25) is 0 Å². The van der Waals surface area contributed by atoms with Crippen molar-refractivity contribution in [3.8, 4) is 0 Å². The third kappa shape index (κ3) is 2.63. The number of para-hydroxylation sites is 1. The minimum atomic E-state index is 0.586. The molecular weight excluding hydrogens is 208 g/mol. The van der Waals surface area contributed by atoms with Crippen molar-refractivity contribution < 1.29 is 0 Å². The number of nitrogens with zero attached hydrogens (tertiary/aromatic N) is 1. The van der Waals surface area contributed by atoms with Gasteiger partial charge in [-0.15, -0.1) is 0 Å². The first-order chi connectivity index (χ1) is 8.26. The van der Waals surface area contributed by atoms with Gasteiger partial charge in [0.1, 0.15) is 0 Å². The van der Waals surface area contributed by atoms with Crippen LogP contribution in [-0.2, 0) is 6.42 Å². The van der Waals surface area contributed by atoms with E-state index in [0.29, 0.717) is 12.1 Å². The Morgan fingerprint density at radius 1 is 1.29 bits per heavy atom. The second-order valence-electron chi connectivity index (χ2n) is 5.01. The Hall–Kier alpha value is -1.02. The molecule has 0 bridgehead atoms. The van der Waals surface area contributed by atoms with Gasteiger partial charge in [0, 0.05) is 30.9 Å². The van der Waals surface area contributed by atoms with Gasteiger partial charge >= 0.3 is 0 Å². The molecule has 1 heterocycles. The molecule has 2 heteroatoms. The molecule has 1 aromatic carbocycles. The first-order valence-corrected chi connectivity index (χ1v) is 6.84. The first kappa shape index (κ1) is 12.4. The maximum absolute atomic E-state index is 3.58. The fourth-order valence-electron chi connectivity index (χ4n) is 2.71.